The van der Waals surface area contributed by atoms with Crippen molar-refractivity contribution in [2.24, 2.45) is 0 Å². The van der Waals surface area contributed by atoms with Gasteiger partial charge in [0.05, 0.1) is 11.5 Å². The van der Waals surface area contributed by atoms with Gasteiger partial charge in [-0.05, 0) is 91.2 Å². The van der Waals surface area contributed by atoms with E-state index in [1.807, 2.05) is 38.1 Å². The highest BCUT2D eigenvalue weighted by atomic mass is 32.2. The number of nitrogens with one attached hydrogen (secondary N) is 2. The summed E-state index contributed by atoms with van der Waals surface area (Å²) in [7, 11) is -3.75. The van der Waals surface area contributed by atoms with Gasteiger partial charge >= 0.3 is 0 Å². The first-order chi connectivity index (χ1) is 17.3. The summed E-state index contributed by atoms with van der Waals surface area (Å²) < 4.78 is 33.9. The number of hydrogen-bond acceptors (Lipinski definition) is 4. The van der Waals surface area contributed by atoms with Crippen molar-refractivity contribution in [3.63, 3.8) is 0 Å². The van der Waals surface area contributed by atoms with E-state index in [1.54, 1.807) is 48.5 Å². The third-order valence-corrected chi connectivity index (χ3v) is 6.91. The zero-order chi connectivity index (χ0) is 25.5. The Morgan fingerprint density at radius 1 is 0.778 bits per heavy atom. The smallest absolute Gasteiger partial charge is 0.261 e. The van der Waals surface area contributed by atoms with Crippen LogP contribution < -0.4 is 14.8 Å². The number of carbonyl (C=O) groups is 1. The van der Waals surface area contributed by atoms with Gasteiger partial charge in [0.25, 0.3) is 15.9 Å². The molecule has 6 nitrogen and oxygen atoms in total. The van der Waals surface area contributed by atoms with Gasteiger partial charge in [0.15, 0.2) is 0 Å². The van der Waals surface area contributed by atoms with Crippen molar-refractivity contribution in [3.8, 4) is 5.75 Å². The van der Waals surface area contributed by atoms with Crippen molar-refractivity contribution in [1.29, 1.82) is 0 Å². The summed E-state index contributed by atoms with van der Waals surface area (Å²) >= 11 is 0. The zero-order valence-electron chi connectivity index (χ0n) is 20.2. The number of hydrogen-bond donors (Lipinski definition) is 2. The Labute approximate surface area is 212 Å². The molecule has 4 aromatic rings. The van der Waals surface area contributed by atoms with Gasteiger partial charge in [-0.1, -0.05) is 36.4 Å². The quantitative estimate of drug-likeness (QED) is 0.296. The molecule has 184 valence electrons. The lowest BCUT2D eigenvalue weighted by Crippen LogP contribution is -2.14. The first kappa shape index (κ1) is 25.0. The molecule has 0 unspecified atom stereocenters. The Kier molecular flexibility index (Phi) is 7.71. The number of benzene rings is 4. The molecule has 0 aliphatic carbocycles. The molecule has 4 rings (SSSR count). The summed E-state index contributed by atoms with van der Waals surface area (Å²) in [6, 6.07) is 28.6. The minimum Gasteiger partial charge on any atom is -0.493 e. The van der Waals surface area contributed by atoms with Crippen molar-refractivity contribution in [1.82, 2.24) is 0 Å². The van der Waals surface area contributed by atoms with Crippen LogP contribution in [-0.4, -0.2) is 20.9 Å². The maximum Gasteiger partial charge on any atom is 0.261 e. The Morgan fingerprint density at radius 2 is 1.42 bits per heavy atom. The summed E-state index contributed by atoms with van der Waals surface area (Å²) in [5, 5.41) is 2.79. The lowest BCUT2D eigenvalue weighted by Gasteiger charge is -2.11. The van der Waals surface area contributed by atoms with E-state index in [-0.39, 0.29) is 10.8 Å². The molecule has 0 aliphatic heterocycles. The molecule has 0 bridgehead atoms. The fourth-order valence-electron chi connectivity index (χ4n) is 3.80. The molecule has 4 aromatic carbocycles. The van der Waals surface area contributed by atoms with Crippen molar-refractivity contribution in [3.05, 3.63) is 119 Å². The normalized spacial score (nSPS) is 11.1. The number of anilines is 2. The van der Waals surface area contributed by atoms with E-state index in [1.165, 1.54) is 17.7 Å². The molecule has 0 spiro atoms. The lowest BCUT2D eigenvalue weighted by molar-refractivity contribution is 0.102. The summed E-state index contributed by atoms with van der Waals surface area (Å²) in [5.74, 6) is 0.392. The number of rotatable bonds is 9. The van der Waals surface area contributed by atoms with Crippen molar-refractivity contribution < 1.29 is 17.9 Å². The summed E-state index contributed by atoms with van der Waals surface area (Å²) in [6.07, 6.45) is 0.801. The average Bonchev–Trinajstić information content (AvgIpc) is 2.84. The monoisotopic (exact) mass is 500 g/mol. The van der Waals surface area contributed by atoms with Gasteiger partial charge < -0.3 is 10.1 Å². The lowest BCUT2D eigenvalue weighted by atomic mass is 10.1. The minimum atomic E-state index is -3.75. The van der Waals surface area contributed by atoms with Crippen LogP contribution in [0.4, 0.5) is 11.4 Å². The van der Waals surface area contributed by atoms with Crippen LogP contribution in [0.2, 0.25) is 0 Å². The van der Waals surface area contributed by atoms with E-state index in [0.717, 1.165) is 17.5 Å². The topological polar surface area (TPSA) is 84.5 Å². The summed E-state index contributed by atoms with van der Waals surface area (Å²) in [4.78, 5) is 12.7. The second kappa shape index (κ2) is 11.1. The van der Waals surface area contributed by atoms with Crippen LogP contribution in [0.5, 0.6) is 5.75 Å². The third-order valence-electron chi connectivity index (χ3n) is 5.52. The Balaban J connectivity index is 1.33. The summed E-state index contributed by atoms with van der Waals surface area (Å²) in [6.45, 7) is 4.37. The van der Waals surface area contributed by atoms with Crippen LogP contribution in [0.15, 0.2) is 102 Å². The SMILES string of the molecule is Cc1cc(C)cc(NS(=O)(=O)c2ccc(NC(=O)c3ccc(OCCc4ccccc4)cc3)cc2)c1. The number of amides is 1. The first-order valence-electron chi connectivity index (χ1n) is 11.6. The van der Waals surface area contributed by atoms with Crippen LogP contribution in [0.1, 0.15) is 27.0 Å². The van der Waals surface area contributed by atoms with Crippen LogP contribution in [0.25, 0.3) is 0 Å². The largest absolute Gasteiger partial charge is 0.493 e. The molecule has 1 amide bonds. The Hall–Kier alpha value is -4.10. The molecular weight excluding hydrogens is 472 g/mol. The molecule has 0 radical (unpaired) electrons. The maximum absolute atomic E-state index is 12.8. The van der Waals surface area contributed by atoms with Crippen molar-refractivity contribution >= 4 is 27.3 Å². The molecular formula is C29H28N2O4S. The standard InChI is InChI=1S/C29H28N2O4S/c1-21-18-22(2)20-26(19-21)31-36(33,34)28-14-10-25(11-15-28)30-29(32)24-8-12-27(13-9-24)35-17-16-23-6-4-3-5-7-23/h3-15,18-20,31H,16-17H2,1-2H3,(H,30,32). The van der Waals surface area contributed by atoms with Gasteiger partial charge in [-0.25, -0.2) is 8.42 Å². The van der Waals surface area contributed by atoms with Gasteiger partial charge in [-0.15, -0.1) is 0 Å². The van der Waals surface area contributed by atoms with Crippen molar-refractivity contribution in [2.75, 3.05) is 16.6 Å². The van der Waals surface area contributed by atoms with Gasteiger partial charge in [-0.3, -0.25) is 9.52 Å². The van der Waals surface area contributed by atoms with E-state index in [9.17, 15) is 13.2 Å². The van der Waals surface area contributed by atoms with E-state index in [0.29, 0.717) is 29.3 Å². The van der Waals surface area contributed by atoms with Crippen LogP contribution in [0, 0.1) is 13.8 Å². The zero-order valence-corrected chi connectivity index (χ0v) is 21.0. The number of aryl methyl sites for hydroxylation is 2. The van der Waals surface area contributed by atoms with E-state index in [2.05, 4.69) is 22.2 Å². The highest BCUT2D eigenvalue weighted by Gasteiger charge is 2.15. The highest BCUT2D eigenvalue weighted by molar-refractivity contribution is 7.92. The third kappa shape index (κ3) is 6.73. The van der Waals surface area contributed by atoms with Crippen LogP contribution in [-0.2, 0) is 16.4 Å². The highest BCUT2D eigenvalue weighted by Crippen LogP contribution is 2.21. The average molecular weight is 501 g/mol. The molecule has 7 heteroatoms. The molecule has 0 aromatic heterocycles. The number of ether oxygens (including phenoxy) is 1. The molecule has 0 fully saturated rings. The number of sulfonamides is 1. The second-order valence-electron chi connectivity index (χ2n) is 8.57. The van der Waals surface area contributed by atoms with Crippen LogP contribution >= 0.6 is 0 Å². The fourth-order valence-corrected chi connectivity index (χ4v) is 4.84. The molecule has 2 N–H and O–H groups in total. The Morgan fingerprint density at radius 3 is 2.06 bits per heavy atom. The molecule has 0 saturated heterocycles. The molecule has 0 atom stereocenters. The van der Waals surface area contributed by atoms with Gasteiger partial charge in [0.2, 0.25) is 0 Å². The fraction of sp³-hybridized carbons (Fsp3) is 0.138. The van der Waals surface area contributed by atoms with E-state index in [4.69, 9.17) is 4.74 Å². The van der Waals surface area contributed by atoms with Gasteiger partial charge in [0, 0.05) is 23.4 Å². The predicted octanol–water partition coefficient (Wildman–Crippen LogP) is 5.98. The molecule has 0 aliphatic rings. The van der Waals surface area contributed by atoms with Crippen molar-refractivity contribution in [2.45, 2.75) is 25.2 Å². The second-order valence-corrected chi connectivity index (χ2v) is 10.3. The van der Waals surface area contributed by atoms with Gasteiger partial charge in [-0.2, -0.15) is 0 Å². The predicted molar refractivity (Wildman–Crippen MR) is 143 cm³/mol. The van der Waals surface area contributed by atoms with Gasteiger partial charge in [0.1, 0.15) is 5.75 Å². The molecule has 0 heterocycles. The summed E-state index contributed by atoms with van der Waals surface area (Å²) in [5.41, 5.74) is 4.62. The van der Waals surface area contributed by atoms with Crippen LogP contribution in [0.3, 0.4) is 0 Å². The van der Waals surface area contributed by atoms with E-state index < -0.39 is 10.0 Å². The molecule has 36 heavy (non-hydrogen) atoms. The first-order valence-corrected chi connectivity index (χ1v) is 13.1. The molecule has 0 saturated carbocycles. The number of carbonyl (C=O) groups excluding carboxylic acids is 1. The van der Waals surface area contributed by atoms with E-state index >= 15 is 0 Å². The minimum absolute atomic E-state index is 0.108. The maximum atomic E-state index is 12.8. The Bertz CT molecular complexity index is 1410.